The van der Waals surface area contributed by atoms with Crippen LogP contribution in [-0.2, 0) is 4.74 Å². The second kappa shape index (κ2) is 4.49. The van der Waals surface area contributed by atoms with Gasteiger partial charge in [0, 0.05) is 12.6 Å². The molecule has 1 aromatic rings. The maximum absolute atomic E-state index is 11.9. The summed E-state index contributed by atoms with van der Waals surface area (Å²) < 4.78 is 5.16. The summed E-state index contributed by atoms with van der Waals surface area (Å²) in [6.45, 7) is 2.33. The normalized spacial score (nSPS) is 27.6. The van der Waals surface area contributed by atoms with Crippen molar-refractivity contribution < 1.29 is 14.6 Å². The van der Waals surface area contributed by atoms with E-state index in [0.717, 1.165) is 19.5 Å². The van der Waals surface area contributed by atoms with Crippen molar-refractivity contribution in [2.75, 3.05) is 24.6 Å². The summed E-state index contributed by atoms with van der Waals surface area (Å²) in [5, 5.41) is 12.8. The van der Waals surface area contributed by atoms with Crippen molar-refractivity contribution in [1.29, 1.82) is 0 Å². The molecule has 3 rings (SSSR count). The molecular formula is C13H16N2O3. The zero-order valence-corrected chi connectivity index (χ0v) is 10.0. The molecule has 1 amide bonds. The van der Waals surface area contributed by atoms with Gasteiger partial charge in [-0.15, -0.1) is 0 Å². The van der Waals surface area contributed by atoms with E-state index < -0.39 is 0 Å². The number of phenols is 1. The van der Waals surface area contributed by atoms with Gasteiger partial charge in [-0.3, -0.25) is 4.90 Å². The maximum atomic E-state index is 11.9. The predicted octanol–water partition coefficient (Wildman–Crippen LogP) is 1.33. The first-order valence-electron chi connectivity index (χ1n) is 6.21. The van der Waals surface area contributed by atoms with E-state index in [4.69, 9.17) is 4.74 Å². The monoisotopic (exact) mass is 248 g/mol. The first-order chi connectivity index (χ1) is 8.75. The molecule has 2 atom stereocenters. The van der Waals surface area contributed by atoms with E-state index in [-0.39, 0.29) is 17.9 Å². The number of hydrogen-bond donors (Lipinski definition) is 2. The Bertz CT molecular complexity index is 457. The Labute approximate surface area is 105 Å². The SMILES string of the molecule is O=C1OCC(C2CCNC2)N1c1cccc(O)c1. The van der Waals surface area contributed by atoms with Crippen molar-refractivity contribution in [1.82, 2.24) is 5.32 Å². The Morgan fingerprint density at radius 3 is 3.06 bits per heavy atom. The lowest BCUT2D eigenvalue weighted by Gasteiger charge is -2.25. The smallest absolute Gasteiger partial charge is 0.414 e. The second-order valence-electron chi connectivity index (χ2n) is 4.79. The van der Waals surface area contributed by atoms with Gasteiger partial charge in [0.2, 0.25) is 0 Å². The van der Waals surface area contributed by atoms with Crippen LogP contribution in [-0.4, -0.2) is 36.9 Å². The van der Waals surface area contributed by atoms with Crippen molar-refractivity contribution in [3.05, 3.63) is 24.3 Å². The average Bonchev–Trinajstić information content (AvgIpc) is 2.97. The molecule has 2 N–H and O–H groups in total. The number of hydrogen-bond acceptors (Lipinski definition) is 4. The third-order valence-corrected chi connectivity index (χ3v) is 3.66. The van der Waals surface area contributed by atoms with Crippen LogP contribution in [0.3, 0.4) is 0 Å². The minimum absolute atomic E-state index is 0.0642. The highest BCUT2D eigenvalue weighted by atomic mass is 16.6. The minimum Gasteiger partial charge on any atom is -0.508 e. The number of cyclic esters (lactones) is 1. The Balaban J connectivity index is 1.89. The number of nitrogens with one attached hydrogen (secondary N) is 1. The number of rotatable bonds is 2. The van der Waals surface area contributed by atoms with Crippen molar-refractivity contribution in [2.24, 2.45) is 5.92 Å². The van der Waals surface area contributed by atoms with Crippen LogP contribution in [0.2, 0.25) is 0 Å². The molecule has 2 unspecified atom stereocenters. The minimum atomic E-state index is -0.322. The largest absolute Gasteiger partial charge is 0.508 e. The molecule has 18 heavy (non-hydrogen) atoms. The molecule has 0 aliphatic carbocycles. The molecule has 5 nitrogen and oxygen atoms in total. The standard InChI is InChI=1S/C13H16N2O3/c16-11-3-1-2-10(6-11)15-12(8-18-13(15)17)9-4-5-14-7-9/h1-3,6,9,12,14,16H,4-5,7-8H2. The molecule has 2 fully saturated rings. The predicted molar refractivity (Wildman–Crippen MR) is 66.7 cm³/mol. The maximum Gasteiger partial charge on any atom is 0.414 e. The summed E-state index contributed by atoms with van der Waals surface area (Å²) in [5.41, 5.74) is 0.703. The van der Waals surface area contributed by atoms with Crippen LogP contribution in [0.25, 0.3) is 0 Å². The summed E-state index contributed by atoms with van der Waals surface area (Å²) in [5.74, 6) is 0.578. The van der Waals surface area contributed by atoms with E-state index in [1.807, 2.05) is 6.07 Å². The lowest BCUT2D eigenvalue weighted by molar-refractivity contribution is 0.176. The molecule has 5 heteroatoms. The molecule has 96 valence electrons. The highest BCUT2D eigenvalue weighted by Gasteiger charge is 2.40. The molecule has 0 spiro atoms. The second-order valence-corrected chi connectivity index (χ2v) is 4.79. The number of ether oxygens (including phenoxy) is 1. The quantitative estimate of drug-likeness (QED) is 0.828. The van der Waals surface area contributed by atoms with E-state index in [1.165, 1.54) is 0 Å². The summed E-state index contributed by atoms with van der Waals surface area (Å²) >= 11 is 0. The lowest BCUT2D eigenvalue weighted by Crippen LogP contribution is -2.40. The third kappa shape index (κ3) is 1.90. The number of carbonyl (C=O) groups excluding carboxylic acids is 1. The van der Waals surface area contributed by atoms with Gasteiger partial charge in [0.25, 0.3) is 0 Å². The molecule has 2 aliphatic rings. The van der Waals surface area contributed by atoms with Crippen LogP contribution in [0, 0.1) is 5.92 Å². The fraction of sp³-hybridized carbons (Fsp3) is 0.462. The van der Waals surface area contributed by atoms with Crippen LogP contribution in [0.4, 0.5) is 10.5 Å². The van der Waals surface area contributed by atoms with Crippen molar-refractivity contribution >= 4 is 11.8 Å². The Kier molecular flexibility index (Phi) is 2.83. The van der Waals surface area contributed by atoms with Crippen LogP contribution in [0.15, 0.2) is 24.3 Å². The van der Waals surface area contributed by atoms with Crippen molar-refractivity contribution in [3.63, 3.8) is 0 Å². The molecule has 0 saturated carbocycles. The van der Waals surface area contributed by atoms with Crippen LogP contribution in [0.1, 0.15) is 6.42 Å². The topological polar surface area (TPSA) is 61.8 Å². The highest BCUT2D eigenvalue weighted by Crippen LogP contribution is 2.31. The molecule has 1 aromatic carbocycles. The molecule has 0 radical (unpaired) electrons. The van der Waals surface area contributed by atoms with Gasteiger partial charge in [0.1, 0.15) is 12.4 Å². The van der Waals surface area contributed by atoms with Gasteiger partial charge in [-0.05, 0) is 31.0 Å². The number of carbonyl (C=O) groups is 1. The van der Waals surface area contributed by atoms with Crippen molar-refractivity contribution in [3.8, 4) is 5.75 Å². The van der Waals surface area contributed by atoms with E-state index in [2.05, 4.69) is 5.32 Å². The zero-order chi connectivity index (χ0) is 12.5. The van der Waals surface area contributed by atoms with E-state index >= 15 is 0 Å². The van der Waals surface area contributed by atoms with Gasteiger partial charge in [0.05, 0.1) is 11.7 Å². The molecular weight excluding hydrogens is 232 g/mol. The number of phenolic OH excluding ortho intramolecular Hbond substituents is 1. The van der Waals surface area contributed by atoms with E-state index in [9.17, 15) is 9.90 Å². The van der Waals surface area contributed by atoms with Crippen LogP contribution < -0.4 is 10.2 Å². The van der Waals surface area contributed by atoms with E-state index in [1.54, 1.807) is 23.1 Å². The first-order valence-corrected chi connectivity index (χ1v) is 6.21. The molecule has 0 bridgehead atoms. The van der Waals surface area contributed by atoms with E-state index in [0.29, 0.717) is 18.2 Å². The Morgan fingerprint density at radius 1 is 1.44 bits per heavy atom. The van der Waals surface area contributed by atoms with Gasteiger partial charge in [-0.2, -0.15) is 0 Å². The number of amides is 1. The lowest BCUT2D eigenvalue weighted by atomic mass is 9.98. The van der Waals surface area contributed by atoms with Gasteiger partial charge in [-0.1, -0.05) is 6.07 Å². The number of anilines is 1. The molecule has 2 aliphatic heterocycles. The molecule has 2 saturated heterocycles. The number of aromatic hydroxyl groups is 1. The summed E-state index contributed by atoms with van der Waals surface area (Å²) in [6.07, 6.45) is 0.730. The van der Waals surface area contributed by atoms with Crippen LogP contribution >= 0.6 is 0 Å². The number of nitrogens with zero attached hydrogens (tertiary/aromatic N) is 1. The fourth-order valence-electron chi connectivity index (χ4n) is 2.73. The fourth-order valence-corrected chi connectivity index (χ4v) is 2.73. The van der Waals surface area contributed by atoms with Gasteiger partial charge >= 0.3 is 6.09 Å². The summed E-state index contributed by atoms with van der Waals surface area (Å²) in [4.78, 5) is 13.5. The molecule has 0 aromatic heterocycles. The summed E-state index contributed by atoms with van der Waals surface area (Å²) in [7, 11) is 0. The van der Waals surface area contributed by atoms with Crippen molar-refractivity contribution in [2.45, 2.75) is 12.5 Å². The first kappa shape index (κ1) is 11.3. The zero-order valence-electron chi connectivity index (χ0n) is 10.0. The Morgan fingerprint density at radius 2 is 2.33 bits per heavy atom. The Hall–Kier alpha value is -1.75. The van der Waals surface area contributed by atoms with Gasteiger partial charge in [0.15, 0.2) is 0 Å². The summed E-state index contributed by atoms with van der Waals surface area (Å²) in [6, 6.07) is 6.82. The van der Waals surface area contributed by atoms with Gasteiger partial charge < -0.3 is 15.2 Å². The third-order valence-electron chi connectivity index (χ3n) is 3.66. The van der Waals surface area contributed by atoms with Gasteiger partial charge in [-0.25, -0.2) is 4.79 Å². The number of benzene rings is 1. The van der Waals surface area contributed by atoms with Crippen LogP contribution in [0.5, 0.6) is 5.75 Å². The average molecular weight is 248 g/mol. The highest BCUT2D eigenvalue weighted by molar-refractivity contribution is 5.90. The molecule has 2 heterocycles.